The molecule has 0 saturated carbocycles. The lowest BCUT2D eigenvalue weighted by Crippen LogP contribution is -2.24. The van der Waals surface area contributed by atoms with E-state index in [0.29, 0.717) is 11.4 Å². The van der Waals surface area contributed by atoms with E-state index in [1.165, 1.54) is 89.9 Å². The lowest BCUT2D eigenvalue weighted by molar-refractivity contribution is 0.528. The van der Waals surface area contributed by atoms with Crippen LogP contribution in [0.25, 0.3) is 0 Å². The summed E-state index contributed by atoms with van der Waals surface area (Å²) in [5.74, 6) is 0. The number of nitrogens with two attached hydrogens (primary N) is 1. The molecule has 0 amide bonds. The van der Waals surface area contributed by atoms with Crippen LogP contribution in [0.2, 0.25) is 0 Å². The van der Waals surface area contributed by atoms with Gasteiger partial charge in [0.2, 0.25) is 10.0 Å². The standard InChI is InChI=1S/C24H43NO2S.C3H9N/c1-2-3-4-5-6-7-8-9-10-11-12-13-14-15-16-20-23-25-28(26,27)24-21-18-17-19-22-24;1-2-3-4/h17-19,21-22,25H,2-16,20,23H2,1H3;2-4H2,1H3. The molecule has 0 aliphatic heterocycles. The van der Waals surface area contributed by atoms with Crippen LogP contribution in [0.5, 0.6) is 0 Å². The number of rotatable bonds is 20. The highest BCUT2D eigenvalue weighted by molar-refractivity contribution is 7.89. The Balaban J connectivity index is 0.00000220. The van der Waals surface area contributed by atoms with Gasteiger partial charge in [-0.05, 0) is 31.5 Å². The van der Waals surface area contributed by atoms with E-state index in [1.807, 2.05) is 6.07 Å². The van der Waals surface area contributed by atoms with Crippen molar-refractivity contribution in [3.63, 3.8) is 0 Å². The molecule has 0 aliphatic rings. The summed E-state index contributed by atoms with van der Waals surface area (Å²) in [6.07, 6.45) is 22.4. The van der Waals surface area contributed by atoms with E-state index < -0.39 is 10.0 Å². The van der Waals surface area contributed by atoms with E-state index in [0.717, 1.165) is 25.8 Å². The van der Waals surface area contributed by atoms with Gasteiger partial charge in [-0.1, -0.05) is 128 Å². The van der Waals surface area contributed by atoms with Gasteiger partial charge in [0.25, 0.3) is 0 Å². The second kappa shape index (κ2) is 23.3. The Morgan fingerprint density at radius 1 is 0.625 bits per heavy atom. The van der Waals surface area contributed by atoms with Crippen LogP contribution in [0.1, 0.15) is 123 Å². The molecule has 0 fully saturated rings. The van der Waals surface area contributed by atoms with Crippen LogP contribution in [0, 0.1) is 0 Å². The summed E-state index contributed by atoms with van der Waals surface area (Å²) in [5.41, 5.74) is 5.03. The largest absolute Gasteiger partial charge is 0.330 e. The molecule has 32 heavy (non-hydrogen) atoms. The Labute approximate surface area is 200 Å². The van der Waals surface area contributed by atoms with Crippen molar-refractivity contribution >= 4 is 10.0 Å². The third-order valence-electron chi connectivity index (χ3n) is 5.66. The van der Waals surface area contributed by atoms with Crippen molar-refractivity contribution in [3.05, 3.63) is 30.3 Å². The summed E-state index contributed by atoms with van der Waals surface area (Å²) >= 11 is 0. The highest BCUT2D eigenvalue weighted by Gasteiger charge is 2.11. The normalized spacial score (nSPS) is 11.2. The lowest BCUT2D eigenvalue weighted by atomic mass is 10.0. The molecule has 0 atom stereocenters. The van der Waals surface area contributed by atoms with Crippen molar-refractivity contribution in [2.75, 3.05) is 13.1 Å². The third-order valence-corrected chi connectivity index (χ3v) is 7.14. The minimum atomic E-state index is -3.33. The maximum absolute atomic E-state index is 12.1. The molecule has 0 saturated heterocycles. The SMILES string of the molecule is CCCCCCCCCCCCCCCCCCNS(=O)(=O)c1ccccc1.CCCN. The first kappa shape index (κ1) is 31.1. The van der Waals surface area contributed by atoms with Crippen LogP contribution >= 0.6 is 0 Å². The van der Waals surface area contributed by atoms with Crippen molar-refractivity contribution in [2.24, 2.45) is 5.73 Å². The van der Waals surface area contributed by atoms with E-state index in [1.54, 1.807) is 24.3 Å². The van der Waals surface area contributed by atoms with E-state index >= 15 is 0 Å². The van der Waals surface area contributed by atoms with Crippen molar-refractivity contribution in [2.45, 2.75) is 128 Å². The third kappa shape index (κ3) is 19.8. The summed E-state index contributed by atoms with van der Waals surface area (Å²) in [7, 11) is -3.33. The second-order valence-corrected chi connectivity index (χ2v) is 10.6. The van der Waals surface area contributed by atoms with Gasteiger partial charge in [0, 0.05) is 6.54 Å². The van der Waals surface area contributed by atoms with Crippen molar-refractivity contribution in [1.29, 1.82) is 0 Å². The van der Waals surface area contributed by atoms with Crippen LogP contribution in [0.15, 0.2) is 35.2 Å². The average Bonchev–Trinajstić information content (AvgIpc) is 2.81. The summed E-state index contributed by atoms with van der Waals surface area (Å²) < 4.78 is 26.9. The molecule has 1 rings (SSSR count). The molecule has 0 aromatic heterocycles. The van der Waals surface area contributed by atoms with E-state index in [-0.39, 0.29) is 0 Å². The topological polar surface area (TPSA) is 72.2 Å². The molecule has 0 spiro atoms. The van der Waals surface area contributed by atoms with Gasteiger partial charge in [-0.3, -0.25) is 0 Å². The molecule has 188 valence electrons. The van der Waals surface area contributed by atoms with Crippen LogP contribution in [0.4, 0.5) is 0 Å². The van der Waals surface area contributed by atoms with E-state index in [9.17, 15) is 8.42 Å². The Morgan fingerprint density at radius 3 is 1.38 bits per heavy atom. The molecule has 0 unspecified atom stereocenters. The molecule has 0 aliphatic carbocycles. The van der Waals surface area contributed by atoms with Gasteiger partial charge in [0.05, 0.1) is 4.90 Å². The first-order valence-corrected chi connectivity index (χ1v) is 14.8. The fourth-order valence-electron chi connectivity index (χ4n) is 3.56. The Bertz CT molecular complexity index is 589. The Hall–Kier alpha value is -0.910. The van der Waals surface area contributed by atoms with E-state index in [4.69, 9.17) is 5.73 Å². The minimum absolute atomic E-state index is 0.353. The zero-order valence-corrected chi connectivity index (χ0v) is 21.9. The van der Waals surface area contributed by atoms with Gasteiger partial charge in [0.15, 0.2) is 0 Å². The average molecular weight is 469 g/mol. The molecule has 1 aromatic carbocycles. The van der Waals surface area contributed by atoms with Crippen molar-refractivity contribution < 1.29 is 8.42 Å². The molecular formula is C27H52N2O2S. The highest BCUT2D eigenvalue weighted by Crippen LogP contribution is 2.14. The summed E-state index contributed by atoms with van der Waals surface area (Å²) in [5, 5.41) is 0. The van der Waals surface area contributed by atoms with Crippen LogP contribution < -0.4 is 10.5 Å². The van der Waals surface area contributed by atoms with E-state index in [2.05, 4.69) is 18.6 Å². The smallest absolute Gasteiger partial charge is 0.240 e. The maximum atomic E-state index is 12.1. The molecule has 5 heteroatoms. The van der Waals surface area contributed by atoms with Gasteiger partial charge < -0.3 is 5.73 Å². The zero-order valence-electron chi connectivity index (χ0n) is 21.1. The highest BCUT2D eigenvalue weighted by atomic mass is 32.2. The molecule has 1 aromatic rings. The van der Waals surface area contributed by atoms with Gasteiger partial charge in [0.1, 0.15) is 0 Å². The fourth-order valence-corrected chi connectivity index (χ4v) is 4.66. The minimum Gasteiger partial charge on any atom is -0.330 e. The van der Waals surface area contributed by atoms with Gasteiger partial charge in [-0.2, -0.15) is 0 Å². The molecule has 3 N–H and O–H groups in total. The maximum Gasteiger partial charge on any atom is 0.240 e. The number of hydrogen-bond donors (Lipinski definition) is 2. The monoisotopic (exact) mass is 468 g/mol. The number of unbranched alkanes of at least 4 members (excludes halogenated alkanes) is 15. The van der Waals surface area contributed by atoms with Gasteiger partial charge >= 0.3 is 0 Å². The quantitative estimate of drug-likeness (QED) is 0.194. The Morgan fingerprint density at radius 2 is 1.00 bits per heavy atom. The predicted molar refractivity (Wildman–Crippen MR) is 141 cm³/mol. The zero-order chi connectivity index (χ0) is 23.8. The number of nitrogens with one attached hydrogen (secondary N) is 1. The van der Waals surface area contributed by atoms with Crippen molar-refractivity contribution in [3.8, 4) is 0 Å². The lowest BCUT2D eigenvalue weighted by Gasteiger charge is -2.06. The van der Waals surface area contributed by atoms with Gasteiger partial charge in [-0.25, -0.2) is 13.1 Å². The fraction of sp³-hybridized carbons (Fsp3) is 0.778. The van der Waals surface area contributed by atoms with Crippen LogP contribution in [0.3, 0.4) is 0 Å². The molecule has 0 heterocycles. The molecule has 0 bridgehead atoms. The molecule has 4 nitrogen and oxygen atoms in total. The Kier molecular flexibility index (Phi) is 22.6. The van der Waals surface area contributed by atoms with Gasteiger partial charge in [-0.15, -0.1) is 0 Å². The molecule has 0 radical (unpaired) electrons. The molecular weight excluding hydrogens is 416 g/mol. The van der Waals surface area contributed by atoms with Crippen LogP contribution in [-0.4, -0.2) is 21.5 Å². The second-order valence-electron chi connectivity index (χ2n) is 8.80. The van der Waals surface area contributed by atoms with Crippen LogP contribution in [-0.2, 0) is 10.0 Å². The first-order chi connectivity index (χ1) is 15.6. The predicted octanol–water partition coefficient (Wildman–Crippen LogP) is 7.58. The number of benzene rings is 1. The summed E-state index contributed by atoms with van der Waals surface area (Å²) in [6, 6.07) is 8.60. The number of sulfonamides is 1. The summed E-state index contributed by atoms with van der Waals surface area (Å²) in [4.78, 5) is 0.353. The summed E-state index contributed by atoms with van der Waals surface area (Å²) in [6.45, 7) is 5.69. The number of hydrogen-bond acceptors (Lipinski definition) is 3. The van der Waals surface area contributed by atoms with Crippen molar-refractivity contribution in [1.82, 2.24) is 4.72 Å². The first-order valence-electron chi connectivity index (χ1n) is 13.3.